The topological polar surface area (TPSA) is 91.6 Å². The van der Waals surface area contributed by atoms with Gasteiger partial charge in [0.05, 0.1) is 18.7 Å². The first-order valence-electron chi connectivity index (χ1n) is 8.41. The molecule has 0 atom stereocenters. The van der Waals surface area contributed by atoms with E-state index in [4.69, 9.17) is 4.42 Å². The van der Waals surface area contributed by atoms with Crippen molar-refractivity contribution in [3.8, 4) is 0 Å². The van der Waals surface area contributed by atoms with Crippen molar-refractivity contribution in [1.29, 1.82) is 0 Å². The molecule has 1 saturated carbocycles. The third-order valence-electron chi connectivity index (χ3n) is 4.41. The number of carbonyl (C=O) groups excluding carboxylic acids is 2. The van der Waals surface area contributed by atoms with Crippen molar-refractivity contribution < 1.29 is 14.0 Å². The van der Waals surface area contributed by atoms with Crippen molar-refractivity contribution in [1.82, 2.24) is 20.2 Å². The van der Waals surface area contributed by atoms with Crippen LogP contribution in [0.1, 0.15) is 33.9 Å². The molecule has 1 aliphatic carbocycles. The Balaban J connectivity index is 1.34. The van der Waals surface area contributed by atoms with E-state index in [9.17, 15) is 9.59 Å². The molecule has 2 aromatic rings. The monoisotopic (exact) mass is 341 g/mol. The van der Waals surface area contributed by atoms with Gasteiger partial charge >= 0.3 is 0 Å². The van der Waals surface area contributed by atoms with Gasteiger partial charge in [-0.15, -0.1) is 0 Å². The van der Waals surface area contributed by atoms with Gasteiger partial charge in [0.25, 0.3) is 11.8 Å². The second kappa shape index (κ2) is 6.54. The number of rotatable bonds is 4. The lowest BCUT2D eigenvalue weighted by Gasteiger charge is -2.34. The molecular formula is C17H19N5O3. The van der Waals surface area contributed by atoms with Gasteiger partial charge in [-0.25, -0.2) is 9.97 Å². The summed E-state index contributed by atoms with van der Waals surface area (Å²) >= 11 is 0. The van der Waals surface area contributed by atoms with Gasteiger partial charge in [-0.1, -0.05) is 0 Å². The lowest BCUT2D eigenvalue weighted by molar-refractivity contribution is 0.0714. The molecule has 1 saturated heterocycles. The minimum atomic E-state index is -0.171. The average Bonchev–Trinajstić information content (AvgIpc) is 3.30. The molecule has 2 aliphatic rings. The van der Waals surface area contributed by atoms with E-state index in [0.29, 0.717) is 49.5 Å². The molecule has 2 fully saturated rings. The smallest absolute Gasteiger partial charge is 0.289 e. The number of furan rings is 1. The van der Waals surface area contributed by atoms with Gasteiger partial charge in [0.15, 0.2) is 5.76 Å². The SMILES string of the molecule is O=C(NC1CC1)c1cnc(N2CCN(C(=O)c3ccco3)CC2)cn1. The van der Waals surface area contributed by atoms with E-state index in [1.807, 2.05) is 0 Å². The standard InChI is InChI=1S/C17H19N5O3/c23-16(20-12-3-4-12)13-10-19-15(11-18-13)21-5-7-22(8-6-21)17(24)14-2-1-9-25-14/h1-2,9-12H,3-8H2,(H,20,23). The molecule has 0 radical (unpaired) electrons. The average molecular weight is 341 g/mol. The van der Waals surface area contributed by atoms with Crippen LogP contribution in [0, 0.1) is 0 Å². The lowest BCUT2D eigenvalue weighted by atomic mass is 10.3. The number of amides is 2. The Bertz CT molecular complexity index is 747. The van der Waals surface area contributed by atoms with Crippen LogP contribution in [0.5, 0.6) is 0 Å². The Kier molecular flexibility index (Phi) is 4.09. The Morgan fingerprint density at radius 1 is 1.12 bits per heavy atom. The zero-order valence-electron chi connectivity index (χ0n) is 13.7. The molecule has 0 spiro atoms. The highest BCUT2D eigenvalue weighted by Gasteiger charge is 2.26. The van der Waals surface area contributed by atoms with Crippen LogP contribution in [-0.4, -0.2) is 58.9 Å². The maximum Gasteiger partial charge on any atom is 0.289 e. The van der Waals surface area contributed by atoms with Gasteiger partial charge in [-0.05, 0) is 25.0 Å². The number of piperazine rings is 1. The molecule has 0 aromatic carbocycles. The molecule has 2 aromatic heterocycles. The van der Waals surface area contributed by atoms with Crippen molar-refractivity contribution in [2.75, 3.05) is 31.1 Å². The second-order valence-corrected chi connectivity index (χ2v) is 6.26. The van der Waals surface area contributed by atoms with Gasteiger partial charge in [-0.3, -0.25) is 9.59 Å². The summed E-state index contributed by atoms with van der Waals surface area (Å²) in [5.41, 5.74) is 0.335. The third kappa shape index (κ3) is 3.47. The van der Waals surface area contributed by atoms with Crippen LogP contribution in [0.15, 0.2) is 35.2 Å². The number of carbonyl (C=O) groups is 2. The summed E-state index contributed by atoms with van der Waals surface area (Å²) in [5, 5.41) is 2.89. The van der Waals surface area contributed by atoms with Crippen molar-refractivity contribution >= 4 is 17.6 Å². The van der Waals surface area contributed by atoms with Crippen LogP contribution in [0.4, 0.5) is 5.82 Å². The van der Waals surface area contributed by atoms with Crippen molar-refractivity contribution in [2.45, 2.75) is 18.9 Å². The minimum Gasteiger partial charge on any atom is -0.459 e. The van der Waals surface area contributed by atoms with E-state index < -0.39 is 0 Å². The van der Waals surface area contributed by atoms with Gasteiger partial charge in [0, 0.05) is 32.2 Å². The number of nitrogens with zero attached hydrogens (tertiary/aromatic N) is 4. The predicted octanol–water partition coefficient (Wildman–Crippen LogP) is 0.924. The fourth-order valence-electron chi connectivity index (χ4n) is 2.78. The molecular weight excluding hydrogens is 322 g/mol. The summed E-state index contributed by atoms with van der Waals surface area (Å²) in [5.74, 6) is 0.811. The normalized spacial score (nSPS) is 17.4. The molecule has 1 aliphatic heterocycles. The van der Waals surface area contributed by atoms with Crippen LogP contribution >= 0.6 is 0 Å². The number of hydrogen-bond donors (Lipinski definition) is 1. The summed E-state index contributed by atoms with van der Waals surface area (Å²) in [4.78, 5) is 36.6. The first-order chi connectivity index (χ1) is 12.2. The van der Waals surface area contributed by atoms with Gasteiger partial charge in [0.2, 0.25) is 0 Å². The molecule has 8 heteroatoms. The highest BCUT2D eigenvalue weighted by atomic mass is 16.3. The number of aromatic nitrogens is 2. The number of anilines is 1. The van der Waals surface area contributed by atoms with E-state index in [1.165, 1.54) is 12.5 Å². The van der Waals surface area contributed by atoms with Crippen LogP contribution in [-0.2, 0) is 0 Å². The Morgan fingerprint density at radius 3 is 2.52 bits per heavy atom. The fourth-order valence-corrected chi connectivity index (χ4v) is 2.78. The lowest BCUT2D eigenvalue weighted by Crippen LogP contribution is -2.49. The summed E-state index contributed by atoms with van der Waals surface area (Å²) in [6.07, 6.45) is 6.70. The molecule has 8 nitrogen and oxygen atoms in total. The van der Waals surface area contributed by atoms with E-state index in [-0.39, 0.29) is 11.8 Å². The summed E-state index contributed by atoms with van der Waals surface area (Å²) in [6.45, 7) is 2.50. The Hall–Kier alpha value is -2.90. The zero-order chi connectivity index (χ0) is 17.2. The molecule has 0 unspecified atom stereocenters. The van der Waals surface area contributed by atoms with Crippen LogP contribution < -0.4 is 10.2 Å². The summed E-state index contributed by atoms with van der Waals surface area (Å²) in [6, 6.07) is 3.68. The molecule has 25 heavy (non-hydrogen) atoms. The van der Waals surface area contributed by atoms with Crippen molar-refractivity contribution in [3.05, 3.63) is 42.2 Å². The van der Waals surface area contributed by atoms with E-state index >= 15 is 0 Å². The van der Waals surface area contributed by atoms with Crippen LogP contribution in [0.2, 0.25) is 0 Å². The first kappa shape index (κ1) is 15.6. The van der Waals surface area contributed by atoms with Gasteiger partial charge < -0.3 is 19.5 Å². The summed E-state index contributed by atoms with van der Waals surface area (Å²) < 4.78 is 5.16. The first-order valence-corrected chi connectivity index (χ1v) is 8.41. The molecule has 3 heterocycles. The highest BCUT2D eigenvalue weighted by molar-refractivity contribution is 5.92. The highest BCUT2D eigenvalue weighted by Crippen LogP contribution is 2.19. The zero-order valence-corrected chi connectivity index (χ0v) is 13.7. The molecule has 130 valence electrons. The molecule has 1 N–H and O–H groups in total. The van der Waals surface area contributed by atoms with E-state index in [1.54, 1.807) is 23.2 Å². The number of hydrogen-bond acceptors (Lipinski definition) is 6. The third-order valence-corrected chi connectivity index (χ3v) is 4.41. The second-order valence-electron chi connectivity index (χ2n) is 6.26. The van der Waals surface area contributed by atoms with Crippen LogP contribution in [0.3, 0.4) is 0 Å². The molecule has 4 rings (SSSR count). The van der Waals surface area contributed by atoms with Crippen molar-refractivity contribution in [3.63, 3.8) is 0 Å². The van der Waals surface area contributed by atoms with Crippen molar-refractivity contribution in [2.24, 2.45) is 0 Å². The predicted molar refractivity (Wildman–Crippen MR) is 89.3 cm³/mol. The fraction of sp³-hybridized carbons (Fsp3) is 0.412. The Morgan fingerprint density at radius 2 is 1.92 bits per heavy atom. The maximum absolute atomic E-state index is 12.3. The summed E-state index contributed by atoms with van der Waals surface area (Å²) in [7, 11) is 0. The van der Waals surface area contributed by atoms with Gasteiger partial charge in [-0.2, -0.15) is 0 Å². The van der Waals surface area contributed by atoms with Crippen LogP contribution in [0.25, 0.3) is 0 Å². The van der Waals surface area contributed by atoms with Gasteiger partial charge in [0.1, 0.15) is 11.5 Å². The molecule has 2 amide bonds. The largest absolute Gasteiger partial charge is 0.459 e. The quantitative estimate of drug-likeness (QED) is 0.889. The van der Waals surface area contributed by atoms with E-state index in [0.717, 1.165) is 12.8 Å². The minimum absolute atomic E-state index is 0.0946. The molecule has 0 bridgehead atoms. The maximum atomic E-state index is 12.3. The van der Waals surface area contributed by atoms with E-state index in [2.05, 4.69) is 20.2 Å². The Labute approximate surface area is 144 Å². The number of nitrogens with one attached hydrogen (secondary N) is 1.